The molecule has 100 valence electrons. The van der Waals surface area contributed by atoms with Crippen LogP contribution in [-0.4, -0.2) is 29.0 Å². The van der Waals surface area contributed by atoms with Gasteiger partial charge in [0, 0.05) is 24.6 Å². The van der Waals surface area contributed by atoms with Crippen molar-refractivity contribution in [3.05, 3.63) is 54.1 Å². The average molecular weight is 256 g/mol. The third kappa shape index (κ3) is 4.03. The third-order valence-corrected chi connectivity index (χ3v) is 2.84. The number of hydrogen-bond donors (Lipinski definition) is 1. The van der Waals surface area contributed by atoms with E-state index in [9.17, 15) is 0 Å². The number of anilines is 1. The zero-order valence-corrected chi connectivity index (χ0v) is 11.7. The molecule has 0 saturated carbocycles. The van der Waals surface area contributed by atoms with Crippen molar-refractivity contribution >= 4 is 5.69 Å². The number of aromatic nitrogens is 2. The Morgan fingerprint density at radius 2 is 2.11 bits per heavy atom. The standard InChI is InChI=1S/C15H20N4/c1-12(15-10-16-7-8-17-15)18-14-6-4-5-13(9-14)11-19(2)3/h4-10,12,18H,11H2,1-3H3. The molecule has 0 spiro atoms. The third-order valence-electron chi connectivity index (χ3n) is 2.84. The molecule has 1 aromatic carbocycles. The molecular weight excluding hydrogens is 236 g/mol. The molecule has 4 nitrogen and oxygen atoms in total. The Labute approximate surface area is 114 Å². The Balaban J connectivity index is 2.06. The minimum atomic E-state index is 0.142. The molecule has 1 aromatic heterocycles. The maximum Gasteiger partial charge on any atom is 0.0806 e. The quantitative estimate of drug-likeness (QED) is 0.893. The van der Waals surface area contributed by atoms with Crippen LogP contribution in [0, 0.1) is 0 Å². The van der Waals surface area contributed by atoms with Gasteiger partial charge in [-0.3, -0.25) is 9.97 Å². The van der Waals surface area contributed by atoms with E-state index in [0.717, 1.165) is 17.9 Å². The van der Waals surface area contributed by atoms with Crippen LogP contribution in [0.25, 0.3) is 0 Å². The second-order valence-corrected chi connectivity index (χ2v) is 4.93. The lowest BCUT2D eigenvalue weighted by Crippen LogP contribution is -2.12. The minimum Gasteiger partial charge on any atom is -0.377 e. The molecular formula is C15H20N4. The highest BCUT2D eigenvalue weighted by Gasteiger charge is 2.06. The fraction of sp³-hybridized carbons (Fsp3) is 0.333. The van der Waals surface area contributed by atoms with Gasteiger partial charge in [-0.1, -0.05) is 12.1 Å². The second kappa shape index (κ2) is 6.29. The number of nitrogens with zero attached hydrogens (tertiary/aromatic N) is 3. The zero-order chi connectivity index (χ0) is 13.7. The Morgan fingerprint density at radius 1 is 1.26 bits per heavy atom. The molecule has 1 N–H and O–H groups in total. The van der Waals surface area contributed by atoms with Gasteiger partial charge in [0.2, 0.25) is 0 Å². The lowest BCUT2D eigenvalue weighted by molar-refractivity contribution is 0.402. The van der Waals surface area contributed by atoms with E-state index in [1.165, 1.54) is 5.56 Å². The van der Waals surface area contributed by atoms with Crippen molar-refractivity contribution in [3.63, 3.8) is 0 Å². The number of nitrogens with one attached hydrogen (secondary N) is 1. The summed E-state index contributed by atoms with van der Waals surface area (Å²) >= 11 is 0. The molecule has 2 rings (SSSR count). The highest BCUT2D eigenvalue weighted by molar-refractivity contribution is 5.47. The molecule has 0 bridgehead atoms. The van der Waals surface area contributed by atoms with E-state index in [0.29, 0.717) is 0 Å². The molecule has 2 aromatic rings. The molecule has 0 aliphatic rings. The molecule has 0 aliphatic carbocycles. The van der Waals surface area contributed by atoms with E-state index in [-0.39, 0.29) is 6.04 Å². The average Bonchev–Trinajstić information content (AvgIpc) is 2.39. The van der Waals surface area contributed by atoms with Crippen molar-refractivity contribution in [2.45, 2.75) is 19.5 Å². The van der Waals surface area contributed by atoms with Crippen LogP contribution in [-0.2, 0) is 6.54 Å². The summed E-state index contributed by atoms with van der Waals surface area (Å²) in [5.41, 5.74) is 3.35. The predicted octanol–water partition coefficient (Wildman–Crippen LogP) is 2.71. The first-order valence-corrected chi connectivity index (χ1v) is 6.41. The van der Waals surface area contributed by atoms with Crippen molar-refractivity contribution < 1.29 is 0 Å². The Bertz CT molecular complexity index is 511. The van der Waals surface area contributed by atoms with Gasteiger partial charge in [0.25, 0.3) is 0 Å². The van der Waals surface area contributed by atoms with Crippen molar-refractivity contribution in [1.29, 1.82) is 0 Å². The summed E-state index contributed by atoms with van der Waals surface area (Å²) in [5.74, 6) is 0. The largest absolute Gasteiger partial charge is 0.377 e. The smallest absolute Gasteiger partial charge is 0.0806 e. The first-order chi connectivity index (χ1) is 9.15. The van der Waals surface area contributed by atoms with Crippen LogP contribution in [0.15, 0.2) is 42.9 Å². The maximum atomic E-state index is 4.31. The highest BCUT2D eigenvalue weighted by Crippen LogP contribution is 2.18. The molecule has 0 fully saturated rings. The summed E-state index contributed by atoms with van der Waals surface area (Å²) in [7, 11) is 4.14. The summed E-state index contributed by atoms with van der Waals surface area (Å²) in [6.07, 6.45) is 5.20. The van der Waals surface area contributed by atoms with Gasteiger partial charge < -0.3 is 10.2 Å². The molecule has 4 heteroatoms. The van der Waals surface area contributed by atoms with Crippen LogP contribution in [0.5, 0.6) is 0 Å². The zero-order valence-electron chi connectivity index (χ0n) is 11.7. The molecule has 1 atom stereocenters. The Kier molecular flexibility index (Phi) is 4.47. The molecule has 1 heterocycles. The lowest BCUT2D eigenvalue weighted by Gasteiger charge is -2.16. The fourth-order valence-corrected chi connectivity index (χ4v) is 1.98. The number of rotatable bonds is 5. The first kappa shape index (κ1) is 13.5. The first-order valence-electron chi connectivity index (χ1n) is 6.41. The van der Waals surface area contributed by atoms with Crippen molar-refractivity contribution in [1.82, 2.24) is 14.9 Å². The van der Waals surface area contributed by atoms with Gasteiger partial charge in [-0.15, -0.1) is 0 Å². The Morgan fingerprint density at radius 3 is 2.79 bits per heavy atom. The summed E-state index contributed by atoms with van der Waals surface area (Å²) in [6.45, 7) is 3.03. The summed E-state index contributed by atoms with van der Waals surface area (Å²) < 4.78 is 0. The SMILES string of the molecule is CC(Nc1cccc(CN(C)C)c1)c1cnccn1. The molecule has 0 radical (unpaired) electrons. The van der Waals surface area contributed by atoms with Gasteiger partial charge in [-0.05, 0) is 38.7 Å². The van der Waals surface area contributed by atoms with Crippen molar-refractivity contribution in [2.24, 2.45) is 0 Å². The summed E-state index contributed by atoms with van der Waals surface area (Å²) in [4.78, 5) is 10.6. The summed E-state index contributed by atoms with van der Waals surface area (Å²) in [6, 6.07) is 8.60. The molecule has 0 aliphatic heterocycles. The van der Waals surface area contributed by atoms with Gasteiger partial charge in [0.1, 0.15) is 0 Å². The van der Waals surface area contributed by atoms with E-state index in [1.54, 1.807) is 18.6 Å². The van der Waals surface area contributed by atoms with E-state index < -0.39 is 0 Å². The molecule has 0 saturated heterocycles. The van der Waals surface area contributed by atoms with Crippen LogP contribution in [0.4, 0.5) is 5.69 Å². The number of hydrogen-bond acceptors (Lipinski definition) is 4. The van der Waals surface area contributed by atoms with Crippen LogP contribution in [0.3, 0.4) is 0 Å². The molecule has 1 unspecified atom stereocenters. The van der Waals surface area contributed by atoms with Crippen molar-refractivity contribution in [3.8, 4) is 0 Å². The maximum absolute atomic E-state index is 4.31. The lowest BCUT2D eigenvalue weighted by atomic mass is 10.1. The Hall–Kier alpha value is -1.94. The van der Waals surface area contributed by atoms with Gasteiger partial charge >= 0.3 is 0 Å². The minimum absolute atomic E-state index is 0.142. The van der Waals surface area contributed by atoms with E-state index in [2.05, 4.69) is 65.5 Å². The van der Waals surface area contributed by atoms with Crippen molar-refractivity contribution in [2.75, 3.05) is 19.4 Å². The summed E-state index contributed by atoms with van der Waals surface area (Å²) in [5, 5.41) is 3.45. The van der Waals surface area contributed by atoms with Gasteiger partial charge in [-0.25, -0.2) is 0 Å². The topological polar surface area (TPSA) is 41.0 Å². The monoisotopic (exact) mass is 256 g/mol. The molecule has 19 heavy (non-hydrogen) atoms. The number of benzene rings is 1. The van der Waals surface area contributed by atoms with E-state index >= 15 is 0 Å². The predicted molar refractivity (Wildman–Crippen MR) is 77.9 cm³/mol. The van der Waals surface area contributed by atoms with Crippen LogP contribution in [0.2, 0.25) is 0 Å². The van der Waals surface area contributed by atoms with Gasteiger partial charge in [0.05, 0.1) is 17.9 Å². The van der Waals surface area contributed by atoms with Gasteiger partial charge in [0.15, 0.2) is 0 Å². The van der Waals surface area contributed by atoms with E-state index in [4.69, 9.17) is 0 Å². The van der Waals surface area contributed by atoms with Crippen LogP contribution >= 0.6 is 0 Å². The normalized spacial score (nSPS) is 12.4. The molecule has 0 amide bonds. The highest BCUT2D eigenvalue weighted by atomic mass is 15.0. The van der Waals surface area contributed by atoms with Crippen LogP contribution in [0.1, 0.15) is 24.2 Å². The van der Waals surface area contributed by atoms with Crippen LogP contribution < -0.4 is 5.32 Å². The van der Waals surface area contributed by atoms with E-state index in [1.807, 2.05) is 0 Å². The second-order valence-electron chi connectivity index (χ2n) is 4.93. The van der Waals surface area contributed by atoms with Gasteiger partial charge in [-0.2, -0.15) is 0 Å². The fourth-order valence-electron chi connectivity index (χ4n) is 1.98.